The maximum absolute atomic E-state index is 12.2. The molecule has 1 N–H and O–H groups in total. The summed E-state index contributed by atoms with van der Waals surface area (Å²) in [4.78, 5) is 24.4. The van der Waals surface area contributed by atoms with Crippen molar-refractivity contribution in [3.63, 3.8) is 0 Å². The highest BCUT2D eigenvalue weighted by Crippen LogP contribution is 2.43. The highest BCUT2D eigenvalue weighted by atomic mass is 16.5. The monoisotopic (exact) mass is 333 g/mol. The molecular weight excluding hydrogens is 314 g/mol. The molecular formula is C17H19NO6. The van der Waals surface area contributed by atoms with Gasteiger partial charge in [-0.1, -0.05) is 12.1 Å². The van der Waals surface area contributed by atoms with E-state index in [0.29, 0.717) is 17.1 Å². The second kappa shape index (κ2) is 7.54. The summed E-state index contributed by atoms with van der Waals surface area (Å²) < 4.78 is 20.4. The van der Waals surface area contributed by atoms with Crippen molar-refractivity contribution in [3.05, 3.63) is 47.3 Å². The quantitative estimate of drug-likeness (QED) is 0.818. The van der Waals surface area contributed by atoms with Crippen molar-refractivity contribution >= 4 is 11.9 Å². The molecule has 1 heterocycles. The molecule has 1 aliphatic rings. The first-order valence-electron chi connectivity index (χ1n) is 7.12. The molecule has 0 radical (unpaired) electrons. The molecule has 1 aromatic carbocycles. The smallest absolute Gasteiger partial charge is 0.336 e. The fraction of sp³-hybridized carbons (Fsp3) is 0.294. The van der Waals surface area contributed by atoms with Crippen LogP contribution in [0, 0.1) is 0 Å². The van der Waals surface area contributed by atoms with Crippen LogP contribution in [0.25, 0.3) is 0 Å². The maximum Gasteiger partial charge on any atom is 0.336 e. The van der Waals surface area contributed by atoms with Gasteiger partial charge in [0.1, 0.15) is 0 Å². The van der Waals surface area contributed by atoms with Crippen LogP contribution in [0.2, 0.25) is 0 Å². The van der Waals surface area contributed by atoms with E-state index in [2.05, 4.69) is 5.32 Å². The lowest BCUT2D eigenvalue weighted by Crippen LogP contribution is -2.26. The minimum atomic E-state index is -0.712. The van der Waals surface area contributed by atoms with Crippen molar-refractivity contribution < 1.29 is 28.5 Å². The van der Waals surface area contributed by atoms with E-state index in [9.17, 15) is 9.59 Å². The number of dihydropyridines is 1. The molecule has 0 saturated carbocycles. The molecule has 0 fully saturated rings. The lowest BCUT2D eigenvalue weighted by atomic mass is 9.83. The molecule has 128 valence electrons. The van der Waals surface area contributed by atoms with Crippen LogP contribution >= 0.6 is 0 Å². The Kier molecular flexibility index (Phi) is 5.47. The fourth-order valence-corrected chi connectivity index (χ4v) is 2.62. The van der Waals surface area contributed by atoms with Gasteiger partial charge in [-0.25, -0.2) is 9.59 Å². The molecule has 24 heavy (non-hydrogen) atoms. The highest BCUT2D eigenvalue weighted by Gasteiger charge is 2.35. The molecule has 0 bridgehead atoms. The van der Waals surface area contributed by atoms with E-state index in [1.165, 1.54) is 40.8 Å². The molecule has 0 saturated heterocycles. The van der Waals surface area contributed by atoms with Crippen LogP contribution in [-0.4, -0.2) is 40.4 Å². The third-order valence-corrected chi connectivity index (χ3v) is 3.69. The zero-order valence-electron chi connectivity index (χ0n) is 13.9. The van der Waals surface area contributed by atoms with Crippen molar-refractivity contribution in [2.45, 2.75) is 5.92 Å². The largest absolute Gasteiger partial charge is 0.493 e. The van der Waals surface area contributed by atoms with Gasteiger partial charge in [0.25, 0.3) is 0 Å². The Morgan fingerprint density at radius 1 is 0.917 bits per heavy atom. The minimum Gasteiger partial charge on any atom is -0.493 e. The van der Waals surface area contributed by atoms with Crippen molar-refractivity contribution in [1.29, 1.82) is 0 Å². The predicted molar refractivity (Wildman–Crippen MR) is 85.6 cm³/mol. The number of hydrogen-bond donors (Lipinski definition) is 1. The second-order valence-electron chi connectivity index (χ2n) is 4.86. The first kappa shape index (κ1) is 17.4. The predicted octanol–water partition coefficient (Wildman–Crippen LogP) is 1.50. The van der Waals surface area contributed by atoms with Gasteiger partial charge >= 0.3 is 11.9 Å². The Balaban J connectivity index is 2.65. The zero-order chi connectivity index (χ0) is 17.7. The van der Waals surface area contributed by atoms with Gasteiger partial charge in [0.15, 0.2) is 11.5 Å². The van der Waals surface area contributed by atoms with Gasteiger partial charge in [-0.3, -0.25) is 0 Å². The molecule has 0 aliphatic carbocycles. The Morgan fingerprint density at radius 3 is 1.96 bits per heavy atom. The van der Waals surface area contributed by atoms with Crippen molar-refractivity contribution in [3.8, 4) is 11.5 Å². The lowest BCUT2D eigenvalue weighted by molar-refractivity contribution is -0.137. The summed E-state index contributed by atoms with van der Waals surface area (Å²) in [6.45, 7) is 0. The summed E-state index contributed by atoms with van der Waals surface area (Å²) >= 11 is 0. The molecule has 1 aromatic rings. The van der Waals surface area contributed by atoms with Crippen LogP contribution in [0.15, 0.2) is 41.7 Å². The van der Waals surface area contributed by atoms with E-state index < -0.39 is 17.9 Å². The summed E-state index contributed by atoms with van der Waals surface area (Å²) in [5.41, 5.74) is 1.10. The lowest BCUT2D eigenvalue weighted by Gasteiger charge is -2.26. The number of nitrogens with one attached hydrogen (secondary N) is 1. The average Bonchev–Trinajstić information content (AvgIpc) is 2.65. The normalized spacial score (nSPS) is 14.0. The van der Waals surface area contributed by atoms with E-state index in [4.69, 9.17) is 18.9 Å². The molecule has 1 aliphatic heterocycles. The van der Waals surface area contributed by atoms with E-state index in [0.717, 1.165) is 0 Å². The van der Waals surface area contributed by atoms with Gasteiger partial charge < -0.3 is 24.3 Å². The van der Waals surface area contributed by atoms with Gasteiger partial charge in [0.2, 0.25) is 0 Å². The number of hydrogen-bond acceptors (Lipinski definition) is 7. The van der Waals surface area contributed by atoms with Crippen molar-refractivity contribution in [2.75, 3.05) is 28.4 Å². The molecule has 7 nitrogen and oxygen atoms in total. The third kappa shape index (κ3) is 3.05. The molecule has 7 heteroatoms. The zero-order valence-corrected chi connectivity index (χ0v) is 13.9. The fourth-order valence-electron chi connectivity index (χ4n) is 2.62. The number of carbonyl (C=O) groups excluding carboxylic acids is 2. The number of benzene rings is 1. The van der Waals surface area contributed by atoms with Gasteiger partial charge in [-0.15, -0.1) is 0 Å². The Bertz CT molecular complexity index is 675. The van der Waals surface area contributed by atoms with Gasteiger partial charge in [0, 0.05) is 18.0 Å². The van der Waals surface area contributed by atoms with Crippen LogP contribution in [-0.2, 0) is 19.1 Å². The first-order chi connectivity index (χ1) is 11.6. The number of methoxy groups -OCH3 is 4. The van der Waals surface area contributed by atoms with Crippen LogP contribution in [0.5, 0.6) is 11.5 Å². The van der Waals surface area contributed by atoms with Crippen LogP contribution in [0.4, 0.5) is 0 Å². The second-order valence-corrected chi connectivity index (χ2v) is 4.86. The first-order valence-corrected chi connectivity index (χ1v) is 7.12. The van der Waals surface area contributed by atoms with Crippen LogP contribution in [0.3, 0.4) is 0 Å². The number of para-hydroxylation sites is 1. The Hall–Kier alpha value is -2.96. The summed E-state index contributed by atoms with van der Waals surface area (Å²) in [6.07, 6.45) is 2.98. The Labute approximate surface area is 139 Å². The average molecular weight is 333 g/mol. The van der Waals surface area contributed by atoms with E-state index in [1.54, 1.807) is 18.2 Å². The molecule has 0 amide bonds. The molecule has 0 spiro atoms. The summed E-state index contributed by atoms with van der Waals surface area (Å²) in [5.74, 6) is -0.923. The summed E-state index contributed by atoms with van der Waals surface area (Å²) in [7, 11) is 5.56. The standard InChI is InChI=1S/C17H19NO6/c1-21-13-7-5-6-10(15(13)22-2)14-11(16(19)23-3)8-18-9-12(14)17(20)24-4/h5-9,14,18H,1-4H3. The SMILES string of the molecule is COC(=O)C1=CNC=C(C(=O)OC)C1c1cccc(OC)c1OC. The minimum absolute atomic E-state index is 0.256. The number of esters is 2. The maximum atomic E-state index is 12.2. The topological polar surface area (TPSA) is 83.1 Å². The third-order valence-electron chi connectivity index (χ3n) is 3.69. The van der Waals surface area contributed by atoms with E-state index in [1.807, 2.05) is 0 Å². The van der Waals surface area contributed by atoms with E-state index in [-0.39, 0.29) is 11.1 Å². The Morgan fingerprint density at radius 2 is 1.50 bits per heavy atom. The molecule has 0 atom stereocenters. The summed E-state index contributed by atoms with van der Waals surface area (Å²) in [6, 6.07) is 5.24. The van der Waals surface area contributed by atoms with Crippen molar-refractivity contribution in [1.82, 2.24) is 5.32 Å². The van der Waals surface area contributed by atoms with Gasteiger partial charge in [-0.2, -0.15) is 0 Å². The van der Waals surface area contributed by atoms with Crippen LogP contribution < -0.4 is 14.8 Å². The van der Waals surface area contributed by atoms with Crippen molar-refractivity contribution in [2.24, 2.45) is 0 Å². The molecule has 0 aromatic heterocycles. The van der Waals surface area contributed by atoms with Crippen LogP contribution in [0.1, 0.15) is 11.5 Å². The molecule has 0 unspecified atom stereocenters. The number of ether oxygens (including phenoxy) is 4. The molecule has 2 rings (SSSR count). The summed E-state index contributed by atoms with van der Waals surface area (Å²) in [5, 5.41) is 2.78. The highest BCUT2D eigenvalue weighted by molar-refractivity contribution is 5.98. The number of carbonyl (C=O) groups is 2. The van der Waals surface area contributed by atoms with E-state index >= 15 is 0 Å². The van der Waals surface area contributed by atoms with Gasteiger partial charge in [-0.05, 0) is 6.07 Å². The number of rotatable bonds is 5. The van der Waals surface area contributed by atoms with Gasteiger partial charge in [0.05, 0.1) is 45.5 Å².